The highest BCUT2D eigenvalue weighted by atomic mass is 32.2. The summed E-state index contributed by atoms with van der Waals surface area (Å²) in [7, 11) is -3.43. The van der Waals surface area contributed by atoms with Gasteiger partial charge in [0, 0.05) is 24.9 Å². The van der Waals surface area contributed by atoms with Gasteiger partial charge in [-0.15, -0.1) is 0 Å². The third-order valence-electron chi connectivity index (χ3n) is 26.6. The summed E-state index contributed by atoms with van der Waals surface area (Å²) in [5.74, 6) is 6.74. The van der Waals surface area contributed by atoms with Crippen molar-refractivity contribution in [1.82, 2.24) is 9.80 Å². The van der Waals surface area contributed by atoms with Gasteiger partial charge >= 0.3 is 12.2 Å². The molecular weight excluding hydrogens is 1160 g/mol. The van der Waals surface area contributed by atoms with E-state index in [1.807, 2.05) is 70.5 Å². The van der Waals surface area contributed by atoms with Crippen molar-refractivity contribution in [2.45, 2.75) is 245 Å². The number of nitrogens with zero attached hydrogens (tertiary/aromatic N) is 2. The Morgan fingerprint density at radius 2 is 1.02 bits per heavy atom. The Bertz CT molecular complexity index is 3020. The van der Waals surface area contributed by atoms with E-state index >= 15 is 0 Å². The molecule has 4 aliphatic heterocycles. The van der Waals surface area contributed by atoms with Crippen LogP contribution < -0.4 is 0 Å². The van der Waals surface area contributed by atoms with Gasteiger partial charge in [-0.2, -0.15) is 35.4 Å². The number of piperidine rings is 2. The second-order valence-electron chi connectivity index (χ2n) is 31.5. The number of fused-ring (bicyclic) bond motifs is 12. The minimum Gasteiger partial charge on any atom is -0.445 e. The zero-order chi connectivity index (χ0) is 60.2. The van der Waals surface area contributed by atoms with E-state index in [1.165, 1.54) is 63.2 Å². The number of aliphatic hydroxyl groups excluding tert-OH is 1. The van der Waals surface area contributed by atoms with Gasteiger partial charge in [0.05, 0.1) is 54.0 Å². The SMILES string of the molecule is CC1=C2C[C@H]3[C@@H](CC[C@@H]4C[C@@H](O)CC[C@@]43C)[C@@H]2CC[C@@]2(C1)O[C@@H]1C[C@H](C)CN(C(=O)OCc3ccccc3)[C@H]1[C@H]2C.CC1=C2C[C@H]3[C@@H](CC[C@@H]4C[C@@H](OS(C)(=O)=O)CC[C@@]43C)[C@@H]2CC[C@@]2(C1)O[C@@H]1C[C@H](C)CN(C(=O)OCc3ccccc3)[C@H]1[C@H]2C.S.S. The zero-order valence-electron chi connectivity index (χ0n) is 54.6. The maximum Gasteiger partial charge on any atom is 0.410 e. The molecule has 8 aliphatic carbocycles. The zero-order valence-corrected chi connectivity index (χ0v) is 57.4. The van der Waals surface area contributed by atoms with Crippen molar-refractivity contribution in [2.75, 3.05) is 19.3 Å². The average Bonchev–Trinajstić information content (AvgIpc) is 1.55. The molecule has 10 fully saturated rings. The van der Waals surface area contributed by atoms with Crippen LogP contribution in [0.3, 0.4) is 0 Å². The van der Waals surface area contributed by atoms with E-state index in [1.54, 1.807) is 16.7 Å². The van der Waals surface area contributed by atoms with E-state index in [4.69, 9.17) is 23.1 Å². The molecule has 2 aromatic carbocycles. The number of benzene rings is 2. The maximum atomic E-state index is 13.6. The van der Waals surface area contributed by atoms with Gasteiger partial charge in [-0.25, -0.2) is 9.59 Å². The number of ether oxygens (including phenoxy) is 4. The lowest BCUT2D eigenvalue weighted by Crippen LogP contribution is -2.54. The van der Waals surface area contributed by atoms with Crippen LogP contribution in [0.1, 0.15) is 195 Å². The number of carbonyl (C=O) groups is 2. The fraction of sp³-hybridized carbons (Fsp3) is 0.753. The summed E-state index contributed by atoms with van der Waals surface area (Å²) in [5.41, 5.74) is 8.79. The van der Waals surface area contributed by atoms with Gasteiger partial charge in [0.15, 0.2) is 0 Å². The number of likely N-dealkylation sites (tertiary alicyclic amines) is 2. The van der Waals surface area contributed by atoms with Crippen LogP contribution in [0.5, 0.6) is 0 Å². The first-order valence-electron chi connectivity index (χ1n) is 34.3. The fourth-order valence-corrected chi connectivity index (χ4v) is 23.1. The summed E-state index contributed by atoms with van der Waals surface area (Å²) in [6.07, 6.45) is 22.6. The molecule has 14 rings (SSSR count). The highest BCUT2D eigenvalue weighted by Crippen LogP contribution is 2.68. The number of carbonyl (C=O) groups excluding carboxylic acids is 2. The summed E-state index contributed by atoms with van der Waals surface area (Å²) in [5, 5.41) is 10.4. The summed E-state index contributed by atoms with van der Waals surface area (Å²) in [6, 6.07) is 20.1. The number of aliphatic hydroxyl groups is 1. The van der Waals surface area contributed by atoms with Crippen LogP contribution in [0.25, 0.3) is 0 Å². The van der Waals surface area contributed by atoms with Crippen LogP contribution in [0.4, 0.5) is 9.59 Å². The third kappa shape index (κ3) is 12.2. The van der Waals surface area contributed by atoms with E-state index < -0.39 is 10.1 Å². The van der Waals surface area contributed by atoms with Gasteiger partial charge in [0.1, 0.15) is 13.2 Å². The van der Waals surface area contributed by atoms with Gasteiger partial charge in [-0.05, 0) is 223 Å². The van der Waals surface area contributed by atoms with E-state index in [-0.39, 0.29) is 104 Å². The minimum atomic E-state index is -3.43. The lowest BCUT2D eigenvalue weighted by molar-refractivity contribution is -0.0832. The van der Waals surface area contributed by atoms with E-state index in [0.29, 0.717) is 66.0 Å². The Balaban J connectivity index is 0.000000179. The highest BCUT2D eigenvalue weighted by molar-refractivity contribution is 7.86. The predicted octanol–water partition coefficient (Wildman–Crippen LogP) is 15.3. The van der Waals surface area contributed by atoms with Crippen molar-refractivity contribution in [3.8, 4) is 0 Å². The lowest BCUT2D eigenvalue weighted by atomic mass is 9.52. The molecule has 0 radical (unpaired) electrons. The number of hydrogen-bond acceptors (Lipinski definition) is 10. The van der Waals surface area contributed by atoms with E-state index in [0.717, 1.165) is 113 Å². The first-order chi connectivity index (χ1) is 41.0. The Morgan fingerprint density at radius 3 is 1.47 bits per heavy atom. The van der Waals surface area contributed by atoms with Crippen LogP contribution in [0.2, 0.25) is 0 Å². The first-order valence-corrected chi connectivity index (χ1v) is 36.1. The topological polar surface area (TPSA) is 141 Å². The Hall–Kier alpha value is -3.05. The van der Waals surface area contributed by atoms with Crippen molar-refractivity contribution < 1.29 is 46.2 Å². The predicted molar refractivity (Wildman–Crippen MR) is 354 cm³/mol. The number of allylic oxidation sites excluding steroid dienone is 2. The molecule has 6 saturated carbocycles. The van der Waals surface area contributed by atoms with Crippen molar-refractivity contribution in [2.24, 2.45) is 81.8 Å². The molecule has 12 aliphatic rings. The van der Waals surface area contributed by atoms with Gasteiger partial charge in [-0.1, -0.05) is 124 Å². The first kappa shape index (κ1) is 66.4. The second-order valence-corrected chi connectivity index (χ2v) is 33.1. The monoisotopic (exact) mass is 1270 g/mol. The fourth-order valence-electron chi connectivity index (χ4n) is 22.4. The number of hydrogen-bond donors (Lipinski definition) is 1. The normalized spacial score (nSPS) is 43.1. The Morgan fingerprint density at radius 1 is 0.591 bits per heavy atom. The van der Waals surface area contributed by atoms with E-state index in [9.17, 15) is 23.1 Å². The molecule has 22 atom stereocenters. The molecule has 1 N–H and O–H groups in total. The molecule has 4 heterocycles. The molecule has 2 amide bonds. The summed E-state index contributed by atoms with van der Waals surface area (Å²) < 4.78 is 55.3. The Labute approximate surface area is 542 Å². The minimum absolute atomic E-state index is 0. The smallest absolute Gasteiger partial charge is 0.410 e. The summed E-state index contributed by atoms with van der Waals surface area (Å²) in [6.45, 7) is 21.1. The van der Waals surface area contributed by atoms with Crippen molar-refractivity contribution in [3.63, 3.8) is 0 Å². The van der Waals surface area contributed by atoms with Crippen LogP contribution in [-0.2, 0) is 46.5 Å². The molecular formula is C73H108N2O10S3. The molecule has 0 aromatic heterocycles. The number of amides is 2. The molecule has 0 bridgehead atoms. The van der Waals surface area contributed by atoms with Crippen LogP contribution in [0.15, 0.2) is 83.0 Å². The third-order valence-corrected chi connectivity index (χ3v) is 27.2. The number of rotatable bonds is 6. The van der Waals surface area contributed by atoms with Crippen LogP contribution >= 0.6 is 27.0 Å². The lowest BCUT2D eigenvalue weighted by Gasteiger charge is -2.54. The quantitative estimate of drug-likeness (QED) is 0.219. The molecule has 12 nitrogen and oxygen atoms in total. The molecule has 4 saturated heterocycles. The van der Waals surface area contributed by atoms with Crippen molar-refractivity contribution >= 4 is 49.3 Å². The largest absolute Gasteiger partial charge is 0.445 e. The second kappa shape index (κ2) is 25.7. The summed E-state index contributed by atoms with van der Waals surface area (Å²) in [4.78, 5) is 31.1. The maximum absolute atomic E-state index is 13.6. The van der Waals surface area contributed by atoms with Gasteiger partial charge in [-0.3, -0.25) is 4.18 Å². The average molecular weight is 1270 g/mol. The molecule has 488 valence electrons. The van der Waals surface area contributed by atoms with Crippen LogP contribution in [-0.4, -0.2) is 103 Å². The standard InChI is InChI=1S/C37H53NO6S.C36H51NO4.2H2S/c1-23-17-33-34(38(21-23)35(39)42-22-26-9-7-6-8-10-26)25(3)37(43-33)16-14-29-30-12-11-27-18-28(44-45(5,40)41)13-15-36(27,4)32(30)19-31(29)24(2)20-37;1-22-16-32-33(37(20-22)34(39)40-21-25-8-6-5-7-9-25)24(3)36(41-32)15-13-28-29-11-10-26-17-27(38)12-14-35(26,4)31(29)18-30(28)23(2)19-36;;/h6-10,23,25,27-30,32-34H,11-22H2,1-5H3;5-9,22,24,26-29,31-33,38H,10-21H2,1-4H3;2*1H2/t23-,25+,27+,28-,29-,30-,32-,33+,34-,36-,37-;22-,24+,26+,27-,28-,29-,31-,32+,33-,35-,36-;;/m00../s1. The van der Waals surface area contributed by atoms with E-state index in [2.05, 4.69) is 55.4 Å². The van der Waals surface area contributed by atoms with Gasteiger partial charge in [0.2, 0.25) is 0 Å². The Kier molecular flexibility index (Phi) is 19.4. The molecule has 0 unspecified atom stereocenters. The van der Waals surface area contributed by atoms with Gasteiger partial charge in [0.25, 0.3) is 10.1 Å². The highest BCUT2D eigenvalue weighted by Gasteiger charge is 2.64. The molecule has 2 spiro atoms. The summed E-state index contributed by atoms with van der Waals surface area (Å²) >= 11 is 0. The molecule has 88 heavy (non-hydrogen) atoms. The van der Waals surface area contributed by atoms with Gasteiger partial charge < -0.3 is 33.9 Å². The van der Waals surface area contributed by atoms with Crippen molar-refractivity contribution in [3.05, 3.63) is 94.1 Å². The molecule has 2 aromatic rings. The van der Waals surface area contributed by atoms with Crippen LogP contribution in [0, 0.1) is 81.8 Å². The van der Waals surface area contributed by atoms with Crippen molar-refractivity contribution in [1.29, 1.82) is 0 Å². The molecule has 15 heteroatoms.